The number of nitrogens with zero attached hydrogens (tertiary/aromatic N) is 4. The lowest BCUT2D eigenvalue weighted by molar-refractivity contribution is 0.0922. The van der Waals surface area contributed by atoms with E-state index in [9.17, 15) is 5.11 Å². The lowest BCUT2D eigenvalue weighted by Gasteiger charge is -2.09. The Morgan fingerprint density at radius 2 is 1.89 bits per heavy atom. The normalized spacial score (nSPS) is 12.3. The van der Waals surface area contributed by atoms with Gasteiger partial charge in [0.05, 0.1) is 32.6 Å². The zero-order valence-corrected chi connectivity index (χ0v) is 16.5. The molecule has 0 aliphatic heterocycles. The molecule has 0 amide bonds. The Morgan fingerprint density at radius 3 is 2.64 bits per heavy atom. The van der Waals surface area contributed by atoms with Gasteiger partial charge in [-0.3, -0.25) is 0 Å². The molecule has 3 heterocycles. The summed E-state index contributed by atoms with van der Waals surface area (Å²) in [6.45, 7) is -0.429. The molecule has 0 spiro atoms. The Hall–Kier alpha value is -2.36. The van der Waals surface area contributed by atoms with E-state index in [2.05, 4.69) is 25.3 Å². The minimum atomic E-state index is -1.08. The first-order valence-electron chi connectivity index (χ1n) is 8.14. The third-order valence-corrected chi connectivity index (χ3v) is 5.66. The molecule has 4 rings (SSSR count). The topological polar surface area (TPSA) is 104 Å². The second kappa shape index (κ2) is 7.94. The van der Waals surface area contributed by atoms with Crippen LogP contribution in [-0.2, 0) is 0 Å². The van der Waals surface area contributed by atoms with Crippen molar-refractivity contribution in [1.82, 2.24) is 19.9 Å². The van der Waals surface area contributed by atoms with Crippen LogP contribution in [0.5, 0.6) is 0 Å². The maximum absolute atomic E-state index is 9.76. The number of pyridine rings is 1. The number of aromatic nitrogens is 4. The van der Waals surface area contributed by atoms with E-state index in [1.807, 2.05) is 0 Å². The molecule has 0 saturated heterocycles. The first-order valence-corrected chi connectivity index (χ1v) is 9.72. The molecule has 1 unspecified atom stereocenters. The van der Waals surface area contributed by atoms with E-state index >= 15 is 0 Å². The van der Waals surface area contributed by atoms with Crippen LogP contribution in [0.3, 0.4) is 0 Å². The lowest BCUT2D eigenvalue weighted by Crippen LogP contribution is -2.06. The predicted molar refractivity (Wildman–Crippen MR) is 110 cm³/mol. The molecule has 0 saturated carbocycles. The van der Waals surface area contributed by atoms with Gasteiger partial charge in [-0.2, -0.15) is 0 Å². The zero-order chi connectivity index (χ0) is 19.7. The number of benzene rings is 1. The van der Waals surface area contributed by atoms with E-state index in [-0.39, 0.29) is 0 Å². The van der Waals surface area contributed by atoms with E-state index in [0.717, 1.165) is 10.2 Å². The fraction of sp³-hybridized carbons (Fsp3) is 0.111. The second-order valence-corrected chi connectivity index (χ2v) is 7.59. The molecule has 10 heteroatoms. The molecule has 1 aromatic carbocycles. The van der Waals surface area contributed by atoms with E-state index in [1.54, 1.807) is 36.5 Å². The molecule has 142 valence electrons. The molecule has 7 nitrogen and oxygen atoms in total. The Kier molecular flexibility index (Phi) is 5.38. The highest BCUT2D eigenvalue weighted by Crippen LogP contribution is 2.40. The van der Waals surface area contributed by atoms with E-state index in [4.69, 9.17) is 28.3 Å². The molecule has 1 atom stereocenters. The van der Waals surface area contributed by atoms with Gasteiger partial charge in [-0.1, -0.05) is 29.3 Å². The van der Waals surface area contributed by atoms with Crippen molar-refractivity contribution in [2.75, 3.05) is 11.9 Å². The van der Waals surface area contributed by atoms with Gasteiger partial charge in [0, 0.05) is 17.8 Å². The fourth-order valence-electron chi connectivity index (χ4n) is 2.59. The van der Waals surface area contributed by atoms with Crippen molar-refractivity contribution < 1.29 is 10.2 Å². The highest BCUT2D eigenvalue weighted by molar-refractivity contribution is 7.22. The standard InChI is InChI=1S/C18H13Cl2N5O2S/c19-9-2-1-3-10(20)15(9)18-24-11-4-5-21-17(16(11)28-18)25-14-6-12(13(27)7-26)22-8-23-14/h1-6,8,13,26-27H,7H2,(H,21,22,23,25). The number of thiazole rings is 1. The second-order valence-electron chi connectivity index (χ2n) is 5.77. The zero-order valence-electron chi connectivity index (χ0n) is 14.2. The fourth-order valence-corrected chi connectivity index (χ4v) is 4.36. The van der Waals surface area contributed by atoms with Crippen LogP contribution in [-0.4, -0.2) is 36.8 Å². The minimum absolute atomic E-state index is 0.306. The van der Waals surface area contributed by atoms with Crippen molar-refractivity contribution >= 4 is 56.4 Å². The number of halogens is 2. The number of hydrogen-bond donors (Lipinski definition) is 3. The third kappa shape index (κ3) is 3.65. The maximum Gasteiger partial charge on any atom is 0.151 e. The van der Waals surface area contributed by atoms with Gasteiger partial charge in [-0.25, -0.2) is 19.9 Å². The number of aliphatic hydroxyl groups excluding tert-OH is 2. The lowest BCUT2D eigenvalue weighted by atomic mass is 10.2. The van der Waals surface area contributed by atoms with Crippen LogP contribution in [0.1, 0.15) is 11.8 Å². The molecule has 3 aromatic heterocycles. The number of nitrogens with one attached hydrogen (secondary N) is 1. The van der Waals surface area contributed by atoms with Crippen LogP contribution in [0.25, 0.3) is 20.8 Å². The first-order chi connectivity index (χ1) is 13.6. The molecule has 28 heavy (non-hydrogen) atoms. The minimum Gasteiger partial charge on any atom is -0.393 e. The molecule has 0 bridgehead atoms. The Balaban J connectivity index is 1.74. The summed E-state index contributed by atoms with van der Waals surface area (Å²) in [6, 6.07) is 8.66. The Bertz CT molecular complexity index is 1130. The summed E-state index contributed by atoms with van der Waals surface area (Å²) in [5.41, 5.74) is 1.71. The highest BCUT2D eigenvalue weighted by atomic mass is 35.5. The summed E-state index contributed by atoms with van der Waals surface area (Å²) in [7, 11) is 0. The highest BCUT2D eigenvalue weighted by Gasteiger charge is 2.16. The average Bonchev–Trinajstić information content (AvgIpc) is 3.12. The van der Waals surface area contributed by atoms with Crippen LogP contribution < -0.4 is 5.32 Å². The van der Waals surface area contributed by atoms with E-state index < -0.39 is 12.7 Å². The van der Waals surface area contributed by atoms with Gasteiger partial charge >= 0.3 is 0 Å². The smallest absolute Gasteiger partial charge is 0.151 e. The maximum atomic E-state index is 9.76. The van der Waals surface area contributed by atoms with Crippen molar-refractivity contribution in [3.63, 3.8) is 0 Å². The quantitative estimate of drug-likeness (QED) is 0.432. The summed E-state index contributed by atoms with van der Waals surface area (Å²) in [6.07, 6.45) is 1.86. The van der Waals surface area contributed by atoms with Gasteiger partial charge in [-0.05, 0) is 18.2 Å². The number of aliphatic hydroxyl groups is 2. The summed E-state index contributed by atoms with van der Waals surface area (Å²) in [5.74, 6) is 0.982. The number of anilines is 2. The molecule has 0 aliphatic rings. The van der Waals surface area contributed by atoms with Crippen molar-refractivity contribution in [2.45, 2.75) is 6.10 Å². The summed E-state index contributed by atoms with van der Waals surface area (Å²) in [4.78, 5) is 17.1. The molecule has 0 radical (unpaired) electrons. The number of fused-ring (bicyclic) bond motifs is 1. The largest absolute Gasteiger partial charge is 0.393 e. The summed E-state index contributed by atoms with van der Waals surface area (Å²) >= 11 is 14.0. The van der Waals surface area contributed by atoms with Gasteiger partial charge in [0.15, 0.2) is 5.82 Å². The molecule has 3 N–H and O–H groups in total. The molecular weight excluding hydrogens is 421 g/mol. The Labute approximate surface area is 173 Å². The van der Waals surface area contributed by atoms with Gasteiger partial charge in [0.25, 0.3) is 0 Å². The van der Waals surface area contributed by atoms with Crippen molar-refractivity contribution in [3.8, 4) is 10.6 Å². The monoisotopic (exact) mass is 433 g/mol. The van der Waals surface area contributed by atoms with Crippen LogP contribution in [0.15, 0.2) is 42.9 Å². The molecule has 0 fully saturated rings. The van der Waals surface area contributed by atoms with Gasteiger partial charge in [0.1, 0.15) is 23.3 Å². The van der Waals surface area contributed by atoms with Crippen molar-refractivity contribution in [3.05, 3.63) is 58.6 Å². The van der Waals surface area contributed by atoms with Gasteiger partial charge in [0.2, 0.25) is 0 Å². The number of rotatable bonds is 5. The average molecular weight is 434 g/mol. The van der Waals surface area contributed by atoms with Crippen LogP contribution >= 0.6 is 34.5 Å². The molecular formula is C18H13Cl2N5O2S. The predicted octanol–water partition coefficient (Wildman–Crippen LogP) is 4.22. The van der Waals surface area contributed by atoms with E-state index in [0.29, 0.717) is 37.9 Å². The summed E-state index contributed by atoms with van der Waals surface area (Å²) in [5, 5.41) is 23.7. The van der Waals surface area contributed by atoms with Crippen LogP contribution in [0.2, 0.25) is 10.0 Å². The Morgan fingerprint density at radius 1 is 1.11 bits per heavy atom. The summed E-state index contributed by atoms with van der Waals surface area (Å²) < 4.78 is 0.802. The van der Waals surface area contributed by atoms with Crippen molar-refractivity contribution in [1.29, 1.82) is 0 Å². The SMILES string of the molecule is OCC(O)c1cc(Nc2nccc3nc(-c4c(Cl)cccc4Cl)sc23)ncn1. The first kappa shape index (κ1) is 19.0. The van der Waals surface area contributed by atoms with Crippen LogP contribution in [0, 0.1) is 0 Å². The van der Waals surface area contributed by atoms with E-state index in [1.165, 1.54) is 17.7 Å². The van der Waals surface area contributed by atoms with Crippen LogP contribution in [0.4, 0.5) is 11.6 Å². The third-order valence-electron chi connectivity index (χ3n) is 3.93. The number of hydrogen-bond acceptors (Lipinski definition) is 8. The van der Waals surface area contributed by atoms with Gasteiger partial charge < -0.3 is 15.5 Å². The molecule has 4 aromatic rings. The van der Waals surface area contributed by atoms with Gasteiger partial charge in [-0.15, -0.1) is 11.3 Å². The molecule has 0 aliphatic carbocycles. The van der Waals surface area contributed by atoms with Crippen molar-refractivity contribution in [2.24, 2.45) is 0 Å².